The molecule has 1 saturated carbocycles. The van der Waals surface area contributed by atoms with Gasteiger partial charge in [-0.15, -0.1) is 0 Å². The lowest BCUT2D eigenvalue weighted by Crippen LogP contribution is -2.55. The quantitative estimate of drug-likeness (QED) is 0.0681. The molecular weight excluding hydrogens is 744 g/mol. The van der Waals surface area contributed by atoms with Crippen molar-refractivity contribution in [2.45, 2.75) is 174 Å². The molecule has 2 fully saturated rings. The second-order valence-electron chi connectivity index (χ2n) is 17.9. The van der Waals surface area contributed by atoms with Crippen LogP contribution in [0.25, 0.3) is 0 Å². The van der Waals surface area contributed by atoms with Crippen LogP contribution in [0.4, 0.5) is 22.8 Å². The Morgan fingerprint density at radius 1 is 0.873 bits per heavy atom. The van der Waals surface area contributed by atoms with Crippen molar-refractivity contribution in [3.8, 4) is 0 Å². The van der Waals surface area contributed by atoms with E-state index in [1.54, 1.807) is 48.5 Å². The molecule has 0 spiro atoms. The molecule has 1 aliphatic heterocycles. The van der Waals surface area contributed by atoms with E-state index in [0.717, 1.165) is 10.9 Å². The van der Waals surface area contributed by atoms with Crippen molar-refractivity contribution in [2.24, 2.45) is 11.8 Å². The monoisotopic (exact) mass is 807 g/mol. The molecule has 0 bridgehead atoms. The molecule has 1 heterocycles. The summed E-state index contributed by atoms with van der Waals surface area (Å²) < 4.78 is 61.7. The van der Waals surface area contributed by atoms with Crippen molar-refractivity contribution in [3.63, 3.8) is 0 Å². The molecule has 55 heavy (non-hydrogen) atoms. The molecule has 0 aromatic rings. The largest absolute Gasteiger partial charge is 0.471 e. The van der Waals surface area contributed by atoms with Crippen LogP contribution in [0.2, 0.25) is 25.7 Å². The lowest BCUT2D eigenvalue weighted by Gasteiger charge is -2.33. The number of hydrogen-bond donors (Lipinski definition) is 1. The fourth-order valence-electron chi connectivity index (χ4n) is 6.70. The molecule has 4 amide bonds. The fourth-order valence-corrected chi connectivity index (χ4v) is 7.41. The number of amides is 4. The van der Waals surface area contributed by atoms with E-state index in [1.807, 2.05) is 12.2 Å². The number of nitrogens with zero attached hydrogens (tertiary/aromatic N) is 2. The van der Waals surface area contributed by atoms with Gasteiger partial charge in [0.2, 0.25) is 5.91 Å². The van der Waals surface area contributed by atoms with Crippen LogP contribution < -0.4 is 5.32 Å². The Labute approximate surface area is 325 Å². The average molecular weight is 808 g/mol. The molecule has 2 aliphatic rings. The standard InChI is InChI=1S/C38H64F3N3O10Si/c1-12-51-32(48)37(44(33(49)53-35(3,4)5)34(50)54-36(6,7)8)24-26(37)25(2)18-15-13-14-16-19-27(42-31(47)38(39,40)41)29(45)43-21-17-20-28(43)30(46)52-22-23-55(9,10)11/h25-28H,12-24H2,1-11H3,(H,42,47)/t25?,26-,27-,28-,37+/m0/s1. The summed E-state index contributed by atoms with van der Waals surface area (Å²) in [6, 6.07) is -1.68. The van der Waals surface area contributed by atoms with Crippen molar-refractivity contribution >= 4 is 44.0 Å². The van der Waals surface area contributed by atoms with Crippen molar-refractivity contribution in [1.29, 1.82) is 0 Å². The second-order valence-corrected chi connectivity index (χ2v) is 23.5. The van der Waals surface area contributed by atoms with Crippen LogP contribution >= 0.6 is 0 Å². The Kier molecular flexibility index (Phi) is 16.7. The van der Waals surface area contributed by atoms with E-state index in [4.69, 9.17) is 18.9 Å². The van der Waals surface area contributed by atoms with Crippen molar-refractivity contribution in [2.75, 3.05) is 19.8 Å². The predicted octanol–water partition coefficient (Wildman–Crippen LogP) is 7.38. The first-order chi connectivity index (χ1) is 25.1. The number of esters is 2. The molecule has 0 radical (unpaired) electrons. The van der Waals surface area contributed by atoms with E-state index in [1.165, 1.54) is 4.90 Å². The Morgan fingerprint density at radius 3 is 1.91 bits per heavy atom. The number of nitrogens with one attached hydrogen (secondary N) is 1. The summed E-state index contributed by atoms with van der Waals surface area (Å²) in [6.07, 6.45) is -3.74. The Balaban J connectivity index is 2.10. The highest BCUT2D eigenvalue weighted by Gasteiger charge is 2.71. The third-order valence-electron chi connectivity index (χ3n) is 9.52. The summed E-state index contributed by atoms with van der Waals surface area (Å²) in [4.78, 5) is 80.8. The van der Waals surface area contributed by atoms with Gasteiger partial charge in [-0.1, -0.05) is 58.7 Å². The van der Waals surface area contributed by atoms with Gasteiger partial charge in [0.05, 0.1) is 13.2 Å². The van der Waals surface area contributed by atoms with Gasteiger partial charge in [0.25, 0.3) is 0 Å². The maximum Gasteiger partial charge on any atom is 0.471 e. The summed E-state index contributed by atoms with van der Waals surface area (Å²) in [5.74, 6) is -4.94. The number of unbranched alkanes of at least 4 members (excludes halogenated alkanes) is 3. The number of rotatable bonds is 17. The van der Waals surface area contributed by atoms with E-state index < -0.39 is 84.9 Å². The van der Waals surface area contributed by atoms with Gasteiger partial charge in [-0.2, -0.15) is 18.1 Å². The lowest BCUT2D eigenvalue weighted by molar-refractivity contribution is -0.175. The maximum absolute atomic E-state index is 13.5. The minimum Gasteiger partial charge on any atom is -0.464 e. The smallest absolute Gasteiger partial charge is 0.464 e. The van der Waals surface area contributed by atoms with Crippen molar-refractivity contribution < 1.29 is 60.9 Å². The van der Waals surface area contributed by atoms with Crippen LogP contribution in [0.5, 0.6) is 0 Å². The predicted molar refractivity (Wildman–Crippen MR) is 200 cm³/mol. The number of alkyl halides is 3. The highest BCUT2D eigenvalue weighted by Crippen LogP contribution is 2.55. The molecule has 1 saturated heterocycles. The molecule has 1 N–H and O–H groups in total. The van der Waals surface area contributed by atoms with Gasteiger partial charge in [-0.05, 0) is 92.0 Å². The summed E-state index contributed by atoms with van der Waals surface area (Å²) in [6.45, 7) is 20.1. The highest BCUT2D eigenvalue weighted by atomic mass is 28.3. The van der Waals surface area contributed by atoms with E-state index in [9.17, 15) is 41.9 Å². The third-order valence-corrected chi connectivity index (χ3v) is 11.2. The zero-order valence-corrected chi connectivity index (χ0v) is 35.6. The van der Waals surface area contributed by atoms with Gasteiger partial charge < -0.3 is 29.2 Å². The molecule has 13 nitrogen and oxygen atoms in total. The summed E-state index contributed by atoms with van der Waals surface area (Å²) in [5.41, 5.74) is -3.58. The van der Waals surface area contributed by atoms with Gasteiger partial charge >= 0.3 is 36.2 Å². The Morgan fingerprint density at radius 2 is 1.42 bits per heavy atom. The second kappa shape index (κ2) is 19.2. The van der Waals surface area contributed by atoms with Crippen molar-refractivity contribution in [1.82, 2.24) is 15.1 Å². The molecule has 0 aromatic carbocycles. The first-order valence-corrected chi connectivity index (χ1v) is 23.1. The topological polar surface area (TPSA) is 158 Å². The van der Waals surface area contributed by atoms with Crippen LogP contribution in [0.1, 0.15) is 113 Å². The summed E-state index contributed by atoms with van der Waals surface area (Å²) in [5, 5.41) is 1.85. The van der Waals surface area contributed by atoms with Crippen LogP contribution in [-0.4, -0.2) is 109 Å². The maximum atomic E-state index is 13.5. The minimum atomic E-state index is -5.20. The van der Waals surface area contributed by atoms with Crippen LogP contribution in [0, 0.1) is 11.8 Å². The van der Waals surface area contributed by atoms with E-state index in [-0.39, 0.29) is 38.5 Å². The minimum absolute atomic E-state index is 0.0201. The van der Waals surface area contributed by atoms with Crippen molar-refractivity contribution in [3.05, 3.63) is 0 Å². The van der Waals surface area contributed by atoms with Gasteiger partial charge in [0.1, 0.15) is 23.3 Å². The Bertz CT molecular complexity index is 1350. The number of halogens is 3. The molecule has 2 rings (SSSR count). The van der Waals surface area contributed by atoms with E-state index in [2.05, 4.69) is 19.6 Å². The summed E-state index contributed by atoms with van der Waals surface area (Å²) >= 11 is 0. The highest BCUT2D eigenvalue weighted by molar-refractivity contribution is 6.76. The van der Waals surface area contributed by atoms with Gasteiger partial charge in [-0.3, -0.25) is 9.59 Å². The molecule has 0 aromatic heterocycles. The molecule has 5 atom stereocenters. The SMILES string of the molecule is CCOC(=O)[C@@]1(N(C(=O)OC(C)(C)C)C(=O)OC(C)(C)C)C[C@H]1C(C)CCCCCC[C@H](NC(=O)C(F)(F)F)C(=O)N1CCC[C@H]1C(=O)OCC[Si](C)(C)C. The van der Waals surface area contributed by atoms with E-state index >= 15 is 0 Å². The van der Waals surface area contributed by atoms with Crippen LogP contribution in [-0.2, 0) is 38.1 Å². The average Bonchev–Trinajstić information content (AvgIpc) is 3.55. The van der Waals surface area contributed by atoms with Crippen LogP contribution in [0.3, 0.4) is 0 Å². The zero-order chi connectivity index (χ0) is 42.2. The first kappa shape index (κ1) is 47.8. The number of carbonyl (C=O) groups is 6. The molecule has 1 unspecified atom stereocenters. The third kappa shape index (κ3) is 14.6. The number of ether oxygens (including phenoxy) is 4. The molecular formula is C38H64F3N3O10Si. The number of hydrogen-bond acceptors (Lipinski definition) is 10. The molecule has 17 heteroatoms. The summed E-state index contributed by atoms with van der Waals surface area (Å²) in [7, 11) is -1.50. The number of imide groups is 1. The molecule has 1 aliphatic carbocycles. The van der Waals surface area contributed by atoms with Gasteiger partial charge in [-0.25, -0.2) is 19.2 Å². The number of carbonyl (C=O) groups excluding carboxylic acids is 6. The molecule has 316 valence electrons. The Hall–Kier alpha value is -3.37. The zero-order valence-electron chi connectivity index (χ0n) is 34.6. The van der Waals surface area contributed by atoms with Crippen LogP contribution in [0.15, 0.2) is 0 Å². The first-order valence-electron chi connectivity index (χ1n) is 19.4. The lowest BCUT2D eigenvalue weighted by atomic mass is 9.94. The normalized spacial score (nSPS) is 21.2. The van der Waals surface area contributed by atoms with Gasteiger partial charge in [0.15, 0.2) is 5.54 Å². The fraction of sp³-hybridized carbons (Fsp3) is 0.842. The van der Waals surface area contributed by atoms with Gasteiger partial charge in [0, 0.05) is 14.6 Å². The number of likely N-dealkylation sites (tertiary alicyclic amines) is 1. The van der Waals surface area contributed by atoms with E-state index in [0.29, 0.717) is 44.9 Å².